The number of alkyl halides is 6. The zero-order valence-electron chi connectivity index (χ0n) is 14.8. The van der Waals surface area contributed by atoms with Crippen LogP contribution in [0.1, 0.15) is 43.7 Å². The molecule has 0 atom stereocenters. The Kier molecular flexibility index (Phi) is 5.32. The molecule has 7 heteroatoms. The van der Waals surface area contributed by atoms with Crippen molar-refractivity contribution in [3.05, 3.63) is 41.5 Å². The van der Waals surface area contributed by atoms with Gasteiger partial charge in [0.25, 0.3) is 0 Å². The van der Waals surface area contributed by atoms with Gasteiger partial charge in [-0.05, 0) is 54.5 Å². The number of aryl methyl sites for hydroxylation is 1. The molecule has 0 saturated heterocycles. The molecule has 0 aromatic heterocycles. The van der Waals surface area contributed by atoms with Crippen molar-refractivity contribution in [2.24, 2.45) is 5.92 Å². The summed E-state index contributed by atoms with van der Waals surface area (Å²) in [6.07, 6.45) is -8.99. The van der Waals surface area contributed by atoms with Crippen LogP contribution >= 0.6 is 0 Å². The number of rotatable bonds is 3. The number of hydrogen-bond donors (Lipinski definition) is 0. The van der Waals surface area contributed by atoms with E-state index in [2.05, 4.69) is 0 Å². The fraction of sp³-hybridized carbons (Fsp3) is 0.500. The summed E-state index contributed by atoms with van der Waals surface area (Å²) in [4.78, 5) is 0. The van der Waals surface area contributed by atoms with Crippen molar-refractivity contribution in [3.8, 4) is 5.75 Å². The predicted octanol–water partition coefficient (Wildman–Crippen LogP) is 6.92. The summed E-state index contributed by atoms with van der Waals surface area (Å²) in [5.41, 5.74) is -0.0523. The Labute approximate surface area is 153 Å². The van der Waals surface area contributed by atoms with E-state index in [4.69, 9.17) is 4.74 Å². The van der Waals surface area contributed by atoms with Crippen molar-refractivity contribution in [2.75, 3.05) is 0 Å². The first-order valence-corrected chi connectivity index (χ1v) is 8.96. The fourth-order valence-electron chi connectivity index (χ4n) is 3.79. The monoisotopic (exact) mass is 390 g/mol. The van der Waals surface area contributed by atoms with Gasteiger partial charge in [0, 0.05) is 0 Å². The van der Waals surface area contributed by atoms with Crippen LogP contribution in [0.5, 0.6) is 5.75 Å². The molecule has 0 bridgehead atoms. The lowest BCUT2D eigenvalue weighted by atomic mass is 9.87. The van der Waals surface area contributed by atoms with E-state index < -0.39 is 29.9 Å². The fourth-order valence-corrected chi connectivity index (χ4v) is 3.79. The minimum absolute atomic E-state index is 0.0586. The van der Waals surface area contributed by atoms with E-state index in [1.807, 2.05) is 6.92 Å². The van der Waals surface area contributed by atoms with Crippen LogP contribution in [0, 0.1) is 5.92 Å². The molecule has 0 N–H and O–H groups in total. The van der Waals surface area contributed by atoms with Gasteiger partial charge in [0.15, 0.2) is 0 Å². The normalized spacial score (nSPS) is 21.4. The van der Waals surface area contributed by atoms with Gasteiger partial charge >= 0.3 is 12.4 Å². The second-order valence-corrected chi connectivity index (χ2v) is 6.94. The van der Waals surface area contributed by atoms with Gasteiger partial charge in [-0.15, -0.1) is 0 Å². The van der Waals surface area contributed by atoms with Crippen LogP contribution in [0.4, 0.5) is 26.3 Å². The topological polar surface area (TPSA) is 9.23 Å². The first-order chi connectivity index (χ1) is 12.6. The largest absolute Gasteiger partial charge is 0.490 e. The number of benzene rings is 2. The van der Waals surface area contributed by atoms with Crippen molar-refractivity contribution < 1.29 is 31.1 Å². The molecule has 1 nitrogen and oxygen atoms in total. The summed E-state index contributed by atoms with van der Waals surface area (Å²) in [6.45, 7) is 1.87. The van der Waals surface area contributed by atoms with Gasteiger partial charge in [0.2, 0.25) is 0 Å². The molecule has 0 spiro atoms. The van der Waals surface area contributed by atoms with E-state index in [0.717, 1.165) is 5.56 Å². The highest BCUT2D eigenvalue weighted by Crippen LogP contribution is 2.44. The summed E-state index contributed by atoms with van der Waals surface area (Å²) in [5.74, 6) is -1.71. The maximum Gasteiger partial charge on any atom is 0.420 e. The van der Waals surface area contributed by atoms with E-state index in [9.17, 15) is 26.3 Å². The van der Waals surface area contributed by atoms with Gasteiger partial charge in [0.1, 0.15) is 11.3 Å². The summed E-state index contributed by atoms with van der Waals surface area (Å²) < 4.78 is 85.2. The van der Waals surface area contributed by atoms with E-state index in [0.29, 0.717) is 11.8 Å². The molecule has 2 aromatic rings. The minimum atomic E-state index is -4.62. The maximum atomic E-state index is 13.8. The first-order valence-electron chi connectivity index (χ1n) is 8.96. The van der Waals surface area contributed by atoms with Gasteiger partial charge in [-0.25, -0.2) is 0 Å². The molecule has 3 rings (SSSR count). The van der Waals surface area contributed by atoms with Gasteiger partial charge in [0.05, 0.1) is 12.0 Å². The molecule has 0 aliphatic heterocycles. The van der Waals surface area contributed by atoms with Crippen LogP contribution in [-0.2, 0) is 12.6 Å². The Hall–Kier alpha value is -1.92. The third-order valence-electron chi connectivity index (χ3n) is 5.21. The van der Waals surface area contributed by atoms with Crippen molar-refractivity contribution in [1.29, 1.82) is 0 Å². The minimum Gasteiger partial charge on any atom is -0.490 e. The zero-order valence-corrected chi connectivity index (χ0v) is 14.8. The van der Waals surface area contributed by atoms with Gasteiger partial charge in [-0.3, -0.25) is 0 Å². The predicted molar refractivity (Wildman–Crippen MR) is 90.8 cm³/mol. The van der Waals surface area contributed by atoms with Gasteiger partial charge < -0.3 is 4.74 Å². The van der Waals surface area contributed by atoms with E-state index in [1.165, 1.54) is 12.1 Å². The van der Waals surface area contributed by atoms with Crippen LogP contribution in [0.15, 0.2) is 30.3 Å². The van der Waals surface area contributed by atoms with Crippen molar-refractivity contribution >= 4 is 10.8 Å². The lowest BCUT2D eigenvalue weighted by Gasteiger charge is -2.31. The zero-order chi connectivity index (χ0) is 19.8. The Balaban J connectivity index is 1.91. The average Bonchev–Trinajstić information content (AvgIpc) is 2.59. The summed E-state index contributed by atoms with van der Waals surface area (Å²) in [7, 11) is 0. The second-order valence-electron chi connectivity index (χ2n) is 6.94. The molecule has 148 valence electrons. The molecule has 0 radical (unpaired) electrons. The quantitative estimate of drug-likeness (QED) is 0.517. The standard InChI is InChI=1S/C20H20F6O/c1-2-12-4-3-5-16-15(12)10-11-17(18(16)20(24,25)26)27-14-8-6-13(7-9-14)19(21,22)23/h3-5,10-11,13-14H,2,6-9H2,1H3/t13-,14+. The van der Waals surface area contributed by atoms with Crippen molar-refractivity contribution in [1.82, 2.24) is 0 Å². The highest BCUT2D eigenvalue weighted by atomic mass is 19.4. The summed E-state index contributed by atoms with van der Waals surface area (Å²) >= 11 is 0. The molecule has 27 heavy (non-hydrogen) atoms. The van der Waals surface area contributed by atoms with E-state index in [-0.39, 0.29) is 36.8 Å². The summed E-state index contributed by atoms with van der Waals surface area (Å²) in [6, 6.07) is 7.65. The van der Waals surface area contributed by atoms with Crippen molar-refractivity contribution in [2.45, 2.75) is 57.5 Å². The lowest BCUT2D eigenvalue weighted by molar-refractivity contribution is -0.185. The third kappa shape index (κ3) is 4.17. The molecule has 0 heterocycles. The Morgan fingerprint density at radius 1 is 0.889 bits per heavy atom. The van der Waals surface area contributed by atoms with Crippen LogP contribution in [0.25, 0.3) is 10.8 Å². The Bertz CT molecular complexity index is 800. The average molecular weight is 390 g/mol. The first kappa shape index (κ1) is 19.8. The lowest BCUT2D eigenvalue weighted by Crippen LogP contribution is -2.32. The highest BCUT2D eigenvalue weighted by Gasteiger charge is 2.42. The Morgan fingerprint density at radius 3 is 2.11 bits per heavy atom. The third-order valence-corrected chi connectivity index (χ3v) is 5.21. The molecule has 0 amide bonds. The molecule has 1 aliphatic carbocycles. The molecule has 2 aromatic carbocycles. The van der Waals surface area contributed by atoms with Gasteiger partial charge in [-0.1, -0.05) is 31.2 Å². The van der Waals surface area contributed by atoms with Crippen LogP contribution < -0.4 is 4.74 Å². The molecule has 1 saturated carbocycles. The van der Waals surface area contributed by atoms with Crippen LogP contribution in [0.2, 0.25) is 0 Å². The van der Waals surface area contributed by atoms with Crippen LogP contribution in [0.3, 0.4) is 0 Å². The smallest absolute Gasteiger partial charge is 0.420 e. The van der Waals surface area contributed by atoms with E-state index >= 15 is 0 Å². The summed E-state index contributed by atoms with van der Waals surface area (Å²) in [5, 5.41) is 0.573. The number of hydrogen-bond acceptors (Lipinski definition) is 1. The number of fused-ring (bicyclic) bond motifs is 1. The van der Waals surface area contributed by atoms with Crippen LogP contribution in [-0.4, -0.2) is 12.3 Å². The Morgan fingerprint density at radius 2 is 1.56 bits per heavy atom. The molecule has 0 unspecified atom stereocenters. The second kappa shape index (κ2) is 7.24. The number of ether oxygens (including phenoxy) is 1. The SMILES string of the molecule is CCc1cccc2c(C(F)(F)F)c(O[C@H]3CC[C@@H](C(F)(F)F)CC3)ccc12. The molecule has 1 aliphatic rings. The van der Waals surface area contributed by atoms with Gasteiger partial charge in [-0.2, -0.15) is 26.3 Å². The highest BCUT2D eigenvalue weighted by molar-refractivity contribution is 5.91. The molecule has 1 fully saturated rings. The maximum absolute atomic E-state index is 13.8. The molecular weight excluding hydrogens is 370 g/mol. The molecular formula is C20H20F6O. The number of halogens is 6. The van der Waals surface area contributed by atoms with E-state index in [1.54, 1.807) is 18.2 Å². The van der Waals surface area contributed by atoms with Crippen molar-refractivity contribution in [3.63, 3.8) is 0 Å².